The highest BCUT2D eigenvalue weighted by Crippen LogP contribution is 2.18. The maximum absolute atomic E-state index is 8.98. The summed E-state index contributed by atoms with van der Waals surface area (Å²) in [5.74, 6) is 0.621. The van der Waals surface area contributed by atoms with E-state index >= 15 is 0 Å². The number of aliphatic hydroxyl groups is 1. The first-order valence-corrected chi connectivity index (χ1v) is 4.94. The Bertz CT molecular complexity index is 469. The van der Waals surface area contributed by atoms with Gasteiger partial charge in [0.1, 0.15) is 5.75 Å². The van der Waals surface area contributed by atoms with Gasteiger partial charge in [-0.05, 0) is 30.2 Å². The molecule has 1 heterocycles. The van der Waals surface area contributed by atoms with Crippen molar-refractivity contribution in [1.29, 1.82) is 0 Å². The van der Waals surface area contributed by atoms with Gasteiger partial charge < -0.3 is 9.84 Å². The van der Waals surface area contributed by atoms with Crippen LogP contribution in [0.2, 0.25) is 0 Å². The van der Waals surface area contributed by atoms with Gasteiger partial charge in [0.15, 0.2) is 0 Å². The summed E-state index contributed by atoms with van der Waals surface area (Å²) in [6, 6.07) is 7.49. The second-order valence-electron chi connectivity index (χ2n) is 3.45. The Hall–Kier alpha value is -1.94. The topological polar surface area (TPSA) is 55.2 Å². The number of hydrogen-bond acceptors (Lipinski definition) is 4. The van der Waals surface area contributed by atoms with Crippen molar-refractivity contribution in [2.24, 2.45) is 0 Å². The van der Waals surface area contributed by atoms with E-state index in [0.717, 1.165) is 11.1 Å². The zero-order valence-corrected chi connectivity index (χ0v) is 8.92. The molecule has 0 saturated carbocycles. The predicted octanol–water partition coefficient (Wildman–Crippen LogP) is 2.07. The van der Waals surface area contributed by atoms with E-state index in [-0.39, 0.29) is 6.61 Å². The van der Waals surface area contributed by atoms with Crippen LogP contribution in [0.3, 0.4) is 0 Å². The van der Waals surface area contributed by atoms with Crippen LogP contribution in [0.15, 0.2) is 36.7 Å². The van der Waals surface area contributed by atoms with E-state index in [1.807, 2.05) is 19.1 Å². The van der Waals surface area contributed by atoms with E-state index in [1.54, 1.807) is 24.5 Å². The Morgan fingerprint density at radius 3 is 2.69 bits per heavy atom. The molecule has 4 heteroatoms. The van der Waals surface area contributed by atoms with Gasteiger partial charge in [-0.3, -0.25) is 0 Å². The Kier molecular flexibility index (Phi) is 3.12. The van der Waals surface area contributed by atoms with Crippen molar-refractivity contribution in [2.45, 2.75) is 13.5 Å². The minimum atomic E-state index is -0.00798. The van der Waals surface area contributed by atoms with Gasteiger partial charge in [-0.25, -0.2) is 9.97 Å². The van der Waals surface area contributed by atoms with E-state index < -0.39 is 0 Å². The zero-order chi connectivity index (χ0) is 11.4. The normalized spacial score (nSPS) is 10.1. The minimum Gasteiger partial charge on any atom is -0.424 e. The summed E-state index contributed by atoms with van der Waals surface area (Å²) in [6.07, 6.45) is 3.39. The van der Waals surface area contributed by atoms with Crippen LogP contribution in [-0.4, -0.2) is 15.1 Å². The summed E-state index contributed by atoms with van der Waals surface area (Å²) < 4.78 is 5.44. The van der Waals surface area contributed by atoms with E-state index in [1.165, 1.54) is 0 Å². The SMILES string of the molecule is Cc1cnc(Oc2cccc(CO)c2)nc1. The molecule has 16 heavy (non-hydrogen) atoms. The third-order valence-electron chi connectivity index (χ3n) is 2.05. The first-order chi connectivity index (χ1) is 7.78. The fourth-order valence-electron chi connectivity index (χ4n) is 1.25. The predicted molar refractivity (Wildman–Crippen MR) is 59.2 cm³/mol. The van der Waals surface area contributed by atoms with E-state index in [0.29, 0.717) is 11.8 Å². The fraction of sp³-hybridized carbons (Fsp3) is 0.167. The summed E-state index contributed by atoms with van der Waals surface area (Å²) >= 11 is 0. The third-order valence-corrected chi connectivity index (χ3v) is 2.05. The number of aliphatic hydroxyl groups excluding tert-OH is 1. The molecule has 2 aromatic rings. The van der Waals surface area contributed by atoms with Crippen LogP contribution in [0.25, 0.3) is 0 Å². The molecule has 0 fully saturated rings. The standard InChI is InChI=1S/C12H12N2O2/c1-9-6-13-12(14-7-9)16-11-4-2-3-10(5-11)8-15/h2-7,15H,8H2,1H3. The Morgan fingerprint density at radius 2 is 2.00 bits per heavy atom. The van der Waals surface area contributed by atoms with Gasteiger partial charge in [0.2, 0.25) is 0 Å². The van der Waals surface area contributed by atoms with Gasteiger partial charge in [0.25, 0.3) is 0 Å². The maximum Gasteiger partial charge on any atom is 0.321 e. The highest BCUT2D eigenvalue weighted by Gasteiger charge is 2.00. The second-order valence-corrected chi connectivity index (χ2v) is 3.45. The van der Waals surface area contributed by atoms with E-state index in [4.69, 9.17) is 9.84 Å². The summed E-state index contributed by atoms with van der Waals surface area (Å²) in [4.78, 5) is 8.07. The molecule has 1 N–H and O–H groups in total. The van der Waals surface area contributed by atoms with Crippen molar-refractivity contribution in [2.75, 3.05) is 0 Å². The Balaban J connectivity index is 2.16. The van der Waals surface area contributed by atoms with Gasteiger partial charge in [-0.1, -0.05) is 12.1 Å². The number of aromatic nitrogens is 2. The van der Waals surface area contributed by atoms with Crippen molar-refractivity contribution in [3.05, 3.63) is 47.8 Å². The lowest BCUT2D eigenvalue weighted by atomic mass is 10.2. The van der Waals surface area contributed by atoms with Crippen molar-refractivity contribution in [3.63, 3.8) is 0 Å². The first kappa shape index (κ1) is 10.6. The number of benzene rings is 1. The highest BCUT2D eigenvalue weighted by molar-refractivity contribution is 5.29. The van der Waals surface area contributed by atoms with Crippen molar-refractivity contribution in [3.8, 4) is 11.8 Å². The molecule has 82 valence electrons. The number of ether oxygens (including phenoxy) is 1. The number of rotatable bonds is 3. The Morgan fingerprint density at radius 1 is 1.25 bits per heavy atom. The van der Waals surface area contributed by atoms with Gasteiger partial charge in [0.05, 0.1) is 6.61 Å². The summed E-state index contributed by atoms with van der Waals surface area (Å²) in [6.45, 7) is 1.90. The molecule has 1 aromatic carbocycles. The lowest BCUT2D eigenvalue weighted by Crippen LogP contribution is -1.92. The van der Waals surface area contributed by atoms with Crippen LogP contribution in [-0.2, 0) is 6.61 Å². The molecule has 0 saturated heterocycles. The van der Waals surface area contributed by atoms with Gasteiger partial charge in [0, 0.05) is 12.4 Å². The molecular formula is C12H12N2O2. The molecular weight excluding hydrogens is 204 g/mol. The van der Waals surface area contributed by atoms with Gasteiger partial charge >= 0.3 is 6.01 Å². The molecule has 0 aliphatic carbocycles. The monoisotopic (exact) mass is 216 g/mol. The molecule has 1 aromatic heterocycles. The fourth-order valence-corrected chi connectivity index (χ4v) is 1.25. The average Bonchev–Trinajstić information content (AvgIpc) is 2.32. The lowest BCUT2D eigenvalue weighted by Gasteiger charge is -2.04. The molecule has 0 radical (unpaired) electrons. The summed E-state index contributed by atoms with van der Waals surface area (Å²) in [7, 11) is 0. The molecule has 0 amide bonds. The smallest absolute Gasteiger partial charge is 0.321 e. The minimum absolute atomic E-state index is 0.00798. The molecule has 2 rings (SSSR count). The zero-order valence-electron chi connectivity index (χ0n) is 8.92. The highest BCUT2D eigenvalue weighted by atomic mass is 16.5. The quantitative estimate of drug-likeness (QED) is 0.853. The maximum atomic E-state index is 8.98. The van der Waals surface area contributed by atoms with Gasteiger partial charge in [-0.2, -0.15) is 0 Å². The van der Waals surface area contributed by atoms with Crippen molar-refractivity contribution < 1.29 is 9.84 Å². The number of aryl methyl sites for hydroxylation is 1. The molecule has 0 aliphatic heterocycles. The van der Waals surface area contributed by atoms with E-state index in [9.17, 15) is 0 Å². The van der Waals surface area contributed by atoms with Crippen LogP contribution in [0, 0.1) is 6.92 Å². The molecule has 4 nitrogen and oxygen atoms in total. The largest absolute Gasteiger partial charge is 0.424 e. The molecule has 0 atom stereocenters. The molecule has 0 bridgehead atoms. The van der Waals surface area contributed by atoms with Crippen LogP contribution in [0.4, 0.5) is 0 Å². The summed E-state index contributed by atoms with van der Waals surface area (Å²) in [5, 5.41) is 8.98. The second kappa shape index (κ2) is 4.72. The lowest BCUT2D eigenvalue weighted by molar-refractivity contribution is 0.281. The van der Waals surface area contributed by atoms with Gasteiger partial charge in [-0.15, -0.1) is 0 Å². The molecule has 0 aliphatic rings. The van der Waals surface area contributed by atoms with Crippen molar-refractivity contribution in [1.82, 2.24) is 9.97 Å². The van der Waals surface area contributed by atoms with E-state index in [2.05, 4.69) is 9.97 Å². The third kappa shape index (κ3) is 2.55. The van der Waals surface area contributed by atoms with Crippen LogP contribution in [0.5, 0.6) is 11.8 Å². The summed E-state index contributed by atoms with van der Waals surface area (Å²) in [5.41, 5.74) is 1.78. The number of nitrogens with zero attached hydrogens (tertiary/aromatic N) is 2. The first-order valence-electron chi connectivity index (χ1n) is 4.94. The number of hydrogen-bond donors (Lipinski definition) is 1. The van der Waals surface area contributed by atoms with Crippen LogP contribution >= 0.6 is 0 Å². The molecule has 0 unspecified atom stereocenters. The average molecular weight is 216 g/mol. The van der Waals surface area contributed by atoms with Crippen molar-refractivity contribution >= 4 is 0 Å². The Labute approximate surface area is 93.6 Å². The van der Waals surface area contributed by atoms with Crippen LogP contribution < -0.4 is 4.74 Å². The van der Waals surface area contributed by atoms with Crippen LogP contribution in [0.1, 0.15) is 11.1 Å². The molecule has 0 spiro atoms.